The smallest absolute Gasteiger partial charge is 0.417 e. The highest BCUT2D eigenvalue weighted by Gasteiger charge is 1.94. The SMILES string of the molecule is O=[C]OCC(Br)Br. The molecule has 0 atom stereocenters. The van der Waals surface area contributed by atoms with E-state index in [9.17, 15) is 4.79 Å². The molecule has 7 heavy (non-hydrogen) atoms. The minimum absolute atomic E-state index is 0.0430. The van der Waals surface area contributed by atoms with Crippen LogP contribution in [0.1, 0.15) is 0 Å². The maximum absolute atomic E-state index is 9.32. The average molecular weight is 231 g/mol. The minimum Gasteiger partial charge on any atom is -0.455 e. The van der Waals surface area contributed by atoms with Crippen LogP contribution in [0, 0.1) is 0 Å². The molecule has 0 N–H and O–H groups in total. The summed E-state index contributed by atoms with van der Waals surface area (Å²) in [5.74, 6) is 0. The molecule has 4 heteroatoms. The van der Waals surface area contributed by atoms with Crippen molar-refractivity contribution in [2.45, 2.75) is 3.74 Å². The summed E-state index contributed by atoms with van der Waals surface area (Å²) in [5, 5.41) is 0. The Morgan fingerprint density at radius 1 is 1.71 bits per heavy atom. The maximum atomic E-state index is 9.32. The van der Waals surface area contributed by atoms with Crippen LogP contribution in [0.5, 0.6) is 0 Å². The molecule has 0 aromatic heterocycles. The number of rotatable bonds is 3. The predicted molar refractivity (Wildman–Crippen MR) is 33.3 cm³/mol. The molecule has 41 valence electrons. The molecular formula is C3H3Br2O2. The third-order valence-electron chi connectivity index (χ3n) is 0.268. The third-order valence-corrected chi connectivity index (χ3v) is 0.797. The molecule has 0 rings (SSSR count). The quantitative estimate of drug-likeness (QED) is 0.681. The molecule has 0 fully saturated rings. The number of hydrogen-bond acceptors (Lipinski definition) is 2. The Labute approximate surface area is 58.5 Å². The van der Waals surface area contributed by atoms with Gasteiger partial charge in [0.25, 0.3) is 0 Å². The van der Waals surface area contributed by atoms with Crippen LogP contribution in [0.15, 0.2) is 0 Å². The summed E-state index contributed by atoms with van der Waals surface area (Å²) in [7, 11) is 0. The highest BCUT2D eigenvalue weighted by molar-refractivity contribution is 9.24. The first-order chi connectivity index (χ1) is 3.27. The highest BCUT2D eigenvalue weighted by atomic mass is 79.9. The Hall–Kier alpha value is 0.430. The number of carbonyl (C=O) groups excluding carboxylic acids is 1. The van der Waals surface area contributed by atoms with Gasteiger partial charge in [-0.05, 0) is 0 Å². The van der Waals surface area contributed by atoms with Gasteiger partial charge in [-0.2, -0.15) is 0 Å². The summed E-state index contributed by atoms with van der Waals surface area (Å²) < 4.78 is 4.24. The summed E-state index contributed by atoms with van der Waals surface area (Å²) in [4.78, 5) is 9.32. The van der Waals surface area contributed by atoms with Gasteiger partial charge < -0.3 is 4.74 Å². The zero-order chi connectivity index (χ0) is 5.70. The molecule has 0 unspecified atom stereocenters. The summed E-state index contributed by atoms with van der Waals surface area (Å²) in [5.41, 5.74) is 0. The Morgan fingerprint density at radius 3 is 2.43 bits per heavy atom. The van der Waals surface area contributed by atoms with E-state index in [2.05, 4.69) is 36.6 Å². The molecule has 0 amide bonds. The van der Waals surface area contributed by atoms with Gasteiger partial charge in [-0.15, -0.1) is 0 Å². The minimum atomic E-state index is 0.0430. The van der Waals surface area contributed by atoms with Gasteiger partial charge in [-0.3, -0.25) is 0 Å². The molecule has 0 aliphatic rings. The van der Waals surface area contributed by atoms with Crippen molar-refractivity contribution >= 4 is 38.3 Å². The molecule has 0 saturated heterocycles. The van der Waals surface area contributed by atoms with Gasteiger partial charge in [0, 0.05) is 0 Å². The van der Waals surface area contributed by atoms with Gasteiger partial charge in [0.15, 0.2) is 0 Å². The Kier molecular flexibility index (Phi) is 4.87. The zero-order valence-corrected chi connectivity index (χ0v) is 6.53. The van der Waals surface area contributed by atoms with Crippen LogP contribution < -0.4 is 0 Å². The molecule has 0 spiro atoms. The standard InChI is InChI=1S/C3H3Br2O2/c4-3(5)1-7-2-6/h3H,1H2. The largest absolute Gasteiger partial charge is 0.455 e. The molecule has 0 saturated carbocycles. The number of halogens is 2. The molecule has 0 bridgehead atoms. The predicted octanol–water partition coefficient (Wildman–Crippen LogP) is 1.19. The second-order valence-corrected chi connectivity index (χ2v) is 4.22. The van der Waals surface area contributed by atoms with Crippen LogP contribution in [0.2, 0.25) is 0 Å². The molecule has 0 heterocycles. The van der Waals surface area contributed by atoms with E-state index < -0.39 is 0 Å². The van der Waals surface area contributed by atoms with Gasteiger partial charge >= 0.3 is 6.47 Å². The molecular weight excluding hydrogens is 228 g/mol. The van der Waals surface area contributed by atoms with Crippen molar-refractivity contribution in [3.05, 3.63) is 0 Å². The van der Waals surface area contributed by atoms with Crippen LogP contribution in [-0.4, -0.2) is 16.8 Å². The first kappa shape index (κ1) is 7.43. The third kappa shape index (κ3) is 6.43. The summed E-state index contributed by atoms with van der Waals surface area (Å²) in [6.45, 7) is 1.60. The lowest BCUT2D eigenvalue weighted by Crippen LogP contribution is -1.97. The molecule has 0 aliphatic carbocycles. The lowest BCUT2D eigenvalue weighted by Gasteiger charge is -1.93. The normalized spacial score (nSPS) is 9.00. The van der Waals surface area contributed by atoms with Crippen LogP contribution >= 0.6 is 31.9 Å². The second kappa shape index (κ2) is 4.59. The van der Waals surface area contributed by atoms with Crippen molar-refractivity contribution in [3.63, 3.8) is 0 Å². The van der Waals surface area contributed by atoms with E-state index in [0.717, 1.165) is 0 Å². The van der Waals surface area contributed by atoms with Crippen molar-refractivity contribution < 1.29 is 9.53 Å². The monoisotopic (exact) mass is 229 g/mol. The lowest BCUT2D eigenvalue weighted by molar-refractivity contribution is 0.296. The number of hydrogen-bond donors (Lipinski definition) is 0. The van der Waals surface area contributed by atoms with Crippen LogP contribution in [0.4, 0.5) is 0 Å². The fourth-order valence-electron chi connectivity index (χ4n) is 0.0970. The van der Waals surface area contributed by atoms with Gasteiger partial charge in [0.2, 0.25) is 0 Å². The summed E-state index contributed by atoms with van der Waals surface area (Å²) >= 11 is 6.18. The van der Waals surface area contributed by atoms with Gasteiger partial charge in [0.05, 0.1) is 0 Å². The molecule has 2 nitrogen and oxygen atoms in total. The topological polar surface area (TPSA) is 26.3 Å². The van der Waals surface area contributed by atoms with E-state index in [-0.39, 0.29) is 3.74 Å². The number of ether oxygens (including phenoxy) is 1. The van der Waals surface area contributed by atoms with E-state index in [1.165, 1.54) is 6.47 Å². The van der Waals surface area contributed by atoms with Gasteiger partial charge in [-0.1, -0.05) is 31.9 Å². The van der Waals surface area contributed by atoms with Crippen molar-refractivity contribution in [1.29, 1.82) is 0 Å². The zero-order valence-electron chi connectivity index (χ0n) is 3.36. The van der Waals surface area contributed by atoms with Crippen molar-refractivity contribution in [1.82, 2.24) is 0 Å². The molecule has 0 aliphatic heterocycles. The summed E-state index contributed by atoms with van der Waals surface area (Å²) in [6.07, 6.45) is 0. The molecule has 0 aromatic carbocycles. The Morgan fingerprint density at radius 2 is 2.29 bits per heavy atom. The lowest BCUT2D eigenvalue weighted by atomic mass is 10.9. The molecule has 1 radical (unpaired) electrons. The average Bonchev–Trinajstić information content (AvgIpc) is 1.61. The van der Waals surface area contributed by atoms with E-state index in [1.807, 2.05) is 0 Å². The first-order valence-electron chi connectivity index (χ1n) is 1.54. The van der Waals surface area contributed by atoms with Crippen molar-refractivity contribution in [3.8, 4) is 0 Å². The fraction of sp³-hybridized carbons (Fsp3) is 0.667. The van der Waals surface area contributed by atoms with E-state index >= 15 is 0 Å². The van der Waals surface area contributed by atoms with Gasteiger partial charge in [-0.25, -0.2) is 4.79 Å². The fourth-order valence-corrected chi connectivity index (χ4v) is 0.361. The van der Waals surface area contributed by atoms with Gasteiger partial charge in [0.1, 0.15) is 10.3 Å². The van der Waals surface area contributed by atoms with E-state index in [0.29, 0.717) is 6.61 Å². The molecule has 0 aromatic rings. The first-order valence-corrected chi connectivity index (χ1v) is 3.37. The van der Waals surface area contributed by atoms with Crippen LogP contribution in [-0.2, 0) is 9.53 Å². The van der Waals surface area contributed by atoms with Crippen molar-refractivity contribution in [2.24, 2.45) is 0 Å². The Balaban J connectivity index is 2.81. The van der Waals surface area contributed by atoms with E-state index in [4.69, 9.17) is 0 Å². The maximum Gasteiger partial charge on any atom is 0.417 e. The highest BCUT2D eigenvalue weighted by Crippen LogP contribution is 2.06. The van der Waals surface area contributed by atoms with Crippen molar-refractivity contribution in [2.75, 3.05) is 6.61 Å². The van der Waals surface area contributed by atoms with Crippen LogP contribution in [0.3, 0.4) is 0 Å². The van der Waals surface area contributed by atoms with Crippen LogP contribution in [0.25, 0.3) is 0 Å². The Bertz CT molecular complexity index is 54.9. The van der Waals surface area contributed by atoms with E-state index in [1.54, 1.807) is 0 Å². The number of alkyl halides is 2. The summed E-state index contributed by atoms with van der Waals surface area (Å²) in [6, 6.07) is 0. The second-order valence-electron chi connectivity index (χ2n) is 0.785.